The van der Waals surface area contributed by atoms with Crippen molar-refractivity contribution in [2.75, 3.05) is 26.4 Å². The molecule has 2 rings (SSSR count). The summed E-state index contributed by atoms with van der Waals surface area (Å²) in [5.41, 5.74) is 2.18. The third-order valence-corrected chi connectivity index (χ3v) is 1.96. The van der Waals surface area contributed by atoms with Crippen molar-refractivity contribution in [1.29, 1.82) is 0 Å². The van der Waals surface area contributed by atoms with Gasteiger partial charge in [-0.15, -0.1) is 0 Å². The molecule has 0 radical (unpaired) electrons. The largest absolute Gasteiger partial charge is 0.508 e. The minimum atomic E-state index is -0.713. The van der Waals surface area contributed by atoms with Crippen molar-refractivity contribution in [3.05, 3.63) is 0 Å². The predicted molar refractivity (Wildman–Crippen MR) is 47.5 cm³/mol. The number of hydrogen-bond donors (Lipinski definition) is 1. The normalized spacial score (nSPS) is 27.3. The molecule has 0 saturated carbocycles. The monoisotopic (exact) mass is 249 g/mol. The number of rotatable bonds is 6. The lowest BCUT2D eigenvalue weighted by Crippen LogP contribution is -2.28. The van der Waals surface area contributed by atoms with E-state index in [1.807, 2.05) is 0 Å². The van der Waals surface area contributed by atoms with Crippen molar-refractivity contribution in [3.63, 3.8) is 0 Å². The molecule has 2 heterocycles. The Balaban J connectivity index is 1.46. The smallest absolute Gasteiger partial charge is 0.430 e. The van der Waals surface area contributed by atoms with Gasteiger partial charge >= 0.3 is 12.3 Å². The van der Waals surface area contributed by atoms with E-state index in [-0.39, 0.29) is 26.4 Å². The molecule has 2 aliphatic heterocycles. The van der Waals surface area contributed by atoms with Crippen molar-refractivity contribution in [3.8, 4) is 0 Å². The molecule has 0 bridgehead atoms. The summed E-state index contributed by atoms with van der Waals surface area (Å²) in [7, 11) is 0. The first-order valence-corrected chi connectivity index (χ1v) is 4.89. The van der Waals surface area contributed by atoms with Crippen molar-refractivity contribution in [2.45, 2.75) is 12.2 Å². The van der Waals surface area contributed by atoms with E-state index in [0.717, 1.165) is 0 Å². The van der Waals surface area contributed by atoms with Gasteiger partial charge in [0, 0.05) is 0 Å². The lowest BCUT2D eigenvalue weighted by atomic mass is 10.4. The lowest BCUT2D eigenvalue weighted by Gasteiger charge is -2.10. The number of carbonyl (C=O) groups excluding carboxylic acids is 2. The standard InChI is InChI=1S/C8H11NO8/c10-7-12-1-5(16-7)3-14-9-15-4-6-2-13-8(11)17-6/h5-6,9H,1-4H2. The maximum Gasteiger partial charge on any atom is 0.508 e. The molecule has 0 spiro atoms. The van der Waals surface area contributed by atoms with Crippen LogP contribution in [0.3, 0.4) is 0 Å². The van der Waals surface area contributed by atoms with Gasteiger partial charge in [0.15, 0.2) is 12.2 Å². The molecule has 1 N–H and O–H groups in total. The van der Waals surface area contributed by atoms with Crippen molar-refractivity contribution in [2.24, 2.45) is 0 Å². The lowest BCUT2D eigenvalue weighted by molar-refractivity contribution is -0.191. The first-order chi connectivity index (χ1) is 8.24. The van der Waals surface area contributed by atoms with Gasteiger partial charge in [0.1, 0.15) is 26.4 Å². The first kappa shape index (κ1) is 11.9. The van der Waals surface area contributed by atoms with Gasteiger partial charge in [0.25, 0.3) is 0 Å². The summed E-state index contributed by atoms with van der Waals surface area (Å²) in [6, 6.07) is 0. The Morgan fingerprint density at radius 1 is 1.00 bits per heavy atom. The Morgan fingerprint density at radius 2 is 1.47 bits per heavy atom. The molecule has 2 fully saturated rings. The van der Waals surface area contributed by atoms with Crippen LogP contribution in [0.2, 0.25) is 0 Å². The topological polar surface area (TPSA) is 102 Å². The Kier molecular flexibility index (Phi) is 3.96. The maximum atomic E-state index is 10.5. The van der Waals surface area contributed by atoms with Crippen LogP contribution >= 0.6 is 0 Å². The summed E-state index contributed by atoms with van der Waals surface area (Å²) in [6.07, 6.45) is -2.33. The number of cyclic esters (lactones) is 4. The van der Waals surface area contributed by atoms with Crippen molar-refractivity contribution < 1.29 is 38.2 Å². The van der Waals surface area contributed by atoms with Gasteiger partial charge in [0.05, 0.1) is 0 Å². The van der Waals surface area contributed by atoms with Crippen LogP contribution in [0.25, 0.3) is 0 Å². The summed E-state index contributed by atoms with van der Waals surface area (Å²) < 4.78 is 18.4. The number of hydrogen-bond acceptors (Lipinski definition) is 9. The number of carbonyl (C=O) groups is 2. The van der Waals surface area contributed by atoms with Crippen LogP contribution in [-0.4, -0.2) is 50.9 Å². The highest BCUT2D eigenvalue weighted by Crippen LogP contribution is 2.06. The molecule has 96 valence electrons. The van der Waals surface area contributed by atoms with E-state index >= 15 is 0 Å². The Bertz CT molecular complexity index is 267. The van der Waals surface area contributed by atoms with Gasteiger partial charge in [-0.05, 0) is 0 Å². The molecule has 0 aliphatic carbocycles. The van der Waals surface area contributed by atoms with Crippen LogP contribution in [0.4, 0.5) is 9.59 Å². The van der Waals surface area contributed by atoms with Crippen molar-refractivity contribution >= 4 is 12.3 Å². The van der Waals surface area contributed by atoms with Crippen LogP contribution in [-0.2, 0) is 28.6 Å². The Hall–Kier alpha value is -1.58. The molecule has 9 nitrogen and oxygen atoms in total. The molecular formula is C8H11NO8. The van der Waals surface area contributed by atoms with Gasteiger partial charge < -0.3 is 18.9 Å². The summed E-state index contributed by atoms with van der Waals surface area (Å²) >= 11 is 0. The highest BCUT2D eigenvalue weighted by molar-refractivity contribution is 5.62. The van der Waals surface area contributed by atoms with Crippen LogP contribution in [0, 0.1) is 0 Å². The van der Waals surface area contributed by atoms with E-state index < -0.39 is 24.5 Å². The van der Waals surface area contributed by atoms with Crippen LogP contribution in [0.15, 0.2) is 0 Å². The summed E-state index contributed by atoms with van der Waals surface area (Å²) in [5.74, 6) is 0. The van der Waals surface area contributed by atoms with Gasteiger partial charge in [-0.2, -0.15) is 0 Å². The van der Waals surface area contributed by atoms with Crippen LogP contribution < -0.4 is 5.64 Å². The molecule has 2 saturated heterocycles. The fourth-order valence-corrected chi connectivity index (χ4v) is 1.19. The molecule has 17 heavy (non-hydrogen) atoms. The van der Waals surface area contributed by atoms with Crippen LogP contribution in [0.1, 0.15) is 0 Å². The average molecular weight is 249 g/mol. The fourth-order valence-electron chi connectivity index (χ4n) is 1.19. The van der Waals surface area contributed by atoms with Gasteiger partial charge in [-0.1, -0.05) is 5.64 Å². The van der Waals surface area contributed by atoms with Gasteiger partial charge in [-0.25, -0.2) is 9.59 Å². The van der Waals surface area contributed by atoms with E-state index in [9.17, 15) is 9.59 Å². The molecule has 0 aromatic heterocycles. The number of nitrogens with one attached hydrogen (secondary N) is 1. The van der Waals surface area contributed by atoms with E-state index in [2.05, 4.69) is 24.6 Å². The molecule has 9 heteroatoms. The molecule has 0 aromatic carbocycles. The zero-order valence-electron chi connectivity index (χ0n) is 8.75. The van der Waals surface area contributed by atoms with Crippen LogP contribution in [0.5, 0.6) is 0 Å². The Morgan fingerprint density at radius 3 is 1.82 bits per heavy atom. The second-order valence-electron chi connectivity index (χ2n) is 3.31. The minimum absolute atomic E-state index is 0.0900. The van der Waals surface area contributed by atoms with Gasteiger partial charge in [0.2, 0.25) is 0 Å². The second kappa shape index (κ2) is 5.66. The average Bonchev–Trinajstić information content (AvgIpc) is 2.88. The fraction of sp³-hybridized carbons (Fsp3) is 0.750. The van der Waals surface area contributed by atoms with E-state index in [1.54, 1.807) is 0 Å². The first-order valence-electron chi connectivity index (χ1n) is 4.89. The third kappa shape index (κ3) is 3.73. The highest BCUT2D eigenvalue weighted by atomic mass is 16.9. The van der Waals surface area contributed by atoms with Gasteiger partial charge in [-0.3, -0.25) is 9.68 Å². The molecule has 2 atom stereocenters. The predicted octanol–water partition coefficient (Wildman–Crippen LogP) is -0.490. The van der Waals surface area contributed by atoms with E-state index in [0.29, 0.717) is 0 Å². The molecular weight excluding hydrogens is 238 g/mol. The SMILES string of the molecule is O=C1OCC(CONOCC2COC(=O)O2)O1. The summed E-state index contributed by atoms with van der Waals surface area (Å²) in [6.45, 7) is 0.475. The third-order valence-electron chi connectivity index (χ3n) is 1.96. The molecule has 2 aliphatic rings. The molecule has 0 aromatic rings. The zero-order chi connectivity index (χ0) is 12.1. The minimum Gasteiger partial charge on any atom is -0.430 e. The quantitative estimate of drug-likeness (QED) is 0.379. The second-order valence-corrected chi connectivity index (χ2v) is 3.31. The van der Waals surface area contributed by atoms with E-state index in [4.69, 9.17) is 9.68 Å². The highest BCUT2D eigenvalue weighted by Gasteiger charge is 2.26. The zero-order valence-corrected chi connectivity index (χ0v) is 8.75. The molecule has 2 unspecified atom stereocenters. The Labute approximate surface area is 95.7 Å². The number of ether oxygens (including phenoxy) is 4. The summed E-state index contributed by atoms with van der Waals surface area (Å²) in [5, 5.41) is 0. The van der Waals surface area contributed by atoms with Crippen molar-refractivity contribution in [1.82, 2.24) is 5.64 Å². The summed E-state index contributed by atoms with van der Waals surface area (Å²) in [4.78, 5) is 30.7. The molecule has 0 amide bonds. The maximum absolute atomic E-state index is 10.5. The van der Waals surface area contributed by atoms with E-state index in [1.165, 1.54) is 0 Å².